The van der Waals surface area contributed by atoms with Crippen molar-refractivity contribution < 1.29 is 18.3 Å². The van der Waals surface area contributed by atoms with Gasteiger partial charge in [-0.15, -0.1) is 0 Å². The van der Waals surface area contributed by atoms with Gasteiger partial charge in [-0.2, -0.15) is 8.78 Å². The predicted molar refractivity (Wildman–Crippen MR) is 78.0 cm³/mol. The van der Waals surface area contributed by atoms with Gasteiger partial charge in [0.1, 0.15) is 11.4 Å². The van der Waals surface area contributed by atoms with Crippen LogP contribution in [-0.4, -0.2) is 22.3 Å². The largest absolute Gasteiger partial charge is 0.433 e. The second-order valence-corrected chi connectivity index (χ2v) is 5.21. The smallest absolute Gasteiger partial charge is 0.387 e. The molecule has 0 aliphatic rings. The molecule has 0 unspecified atom stereocenters. The number of amides is 1. The van der Waals surface area contributed by atoms with Crippen molar-refractivity contribution in [2.45, 2.75) is 13.2 Å². The number of nitrogens with zero attached hydrogens (tertiary/aromatic N) is 1. The van der Waals surface area contributed by atoms with E-state index in [9.17, 15) is 18.4 Å². The molecule has 2 N–H and O–H groups in total. The Balaban J connectivity index is 2.14. The molecule has 0 aliphatic carbocycles. The Bertz CT molecular complexity index is 742. The van der Waals surface area contributed by atoms with Gasteiger partial charge in [0, 0.05) is 25.2 Å². The number of alkyl halides is 2. The van der Waals surface area contributed by atoms with Crippen LogP contribution in [0, 0.1) is 0 Å². The van der Waals surface area contributed by atoms with Gasteiger partial charge in [0.25, 0.3) is 11.5 Å². The highest BCUT2D eigenvalue weighted by molar-refractivity contribution is 9.10. The van der Waals surface area contributed by atoms with E-state index in [4.69, 9.17) is 0 Å². The molecule has 0 saturated heterocycles. The van der Waals surface area contributed by atoms with E-state index in [-0.39, 0.29) is 18.0 Å². The Morgan fingerprint density at radius 3 is 2.82 bits per heavy atom. The van der Waals surface area contributed by atoms with E-state index in [1.807, 2.05) is 0 Å². The standard InChI is InChI=1S/C13H12BrF2N3O3/c1-19-9(5-10(20)18-19)12(21)17-6-7-3-2-4-8(14)11(7)22-13(15)16/h2-5,13H,6H2,1H3,(H,17,21)(H,18,20). The lowest BCUT2D eigenvalue weighted by atomic mass is 10.2. The lowest BCUT2D eigenvalue weighted by Crippen LogP contribution is -2.25. The molecule has 0 spiro atoms. The molecule has 0 fully saturated rings. The summed E-state index contributed by atoms with van der Waals surface area (Å²) in [6, 6.07) is 5.89. The van der Waals surface area contributed by atoms with Crippen LogP contribution >= 0.6 is 15.9 Å². The van der Waals surface area contributed by atoms with E-state index < -0.39 is 18.1 Å². The number of H-pyrrole nitrogens is 1. The minimum absolute atomic E-state index is 0.0281. The van der Waals surface area contributed by atoms with Crippen molar-refractivity contribution in [1.29, 1.82) is 0 Å². The van der Waals surface area contributed by atoms with Crippen molar-refractivity contribution in [2.24, 2.45) is 7.05 Å². The van der Waals surface area contributed by atoms with E-state index in [2.05, 4.69) is 31.1 Å². The van der Waals surface area contributed by atoms with Gasteiger partial charge in [-0.25, -0.2) is 0 Å². The number of hydrogen-bond donors (Lipinski definition) is 2. The van der Waals surface area contributed by atoms with Gasteiger partial charge in [-0.1, -0.05) is 12.1 Å². The summed E-state index contributed by atoms with van der Waals surface area (Å²) in [6.07, 6.45) is 0. The van der Waals surface area contributed by atoms with Crippen molar-refractivity contribution >= 4 is 21.8 Å². The maximum absolute atomic E-state index is 12.4. The fourth-order valence-corrected chi connectivity index (χ4v) is 2.38. The first kappa shape index (κ1) is 16.2. The van der Waals surface area contributed by atoms with E-state index in [1.165, 1.54) is 11.7 Å². The molecule has 2 rings (SSSR count). The summed E-state index contributed by atoms with van der Waals surface area (Å²) in [5, 5.41) is 4.95. The van der Waals surface area contributed by atoms with Gasteiger partial charge in [0.05, 0.1) is 4.47 Å². The molecule has 0 bridgehead atoms. The zero-order valence-electron chi connectivity index (χ0n) is 11.4. The Morgan fingerprint density at radius 1 is 1.50 bits per heavy atom. The number of benzene rings is 1. The Hall–Kier alpha value is -2.16. The number of aromatic amines is 1. The molecule has 0 radical (unpaired) electrons. The van der Waals surface area contributed by atoms with Gasteiger partial charge in [-0.3, -0.25) is 19.4 Å². The zero-order valence-corrected chi connectivity index (χ0v) is 13.0. The van der Waals surface area contributed by atoms with Gasteiger partial charge in [-0.05, 0) is 22.0 Å². The number of para-hydroxylation sites is 1. The van der Waals surface area contributed by atoms with Crippen LogP contribution in [0.5, 0.6) is 5.75 Å². The third-order valence-electron chi connectivity index (χ3n) is 2.83. The van der Waals surface area contributed by atoms with Crippen LogP contribution in [0.3, 0.4) is 0 Å². The van der Waals surface area contributed by atoms with E-state index in [1.54, 1.807) is 18.2 Å². The average molecular weight is 376 g/mol. The number of carbonyl (C=O) groups is 1. The van der Waals surface area contributed by atoms with Crippen molar-refractivity contribution in [2.75, 3.05) is 0 Å². The molecule has 1 amide bonds. The van der Waals surface area contributed by atoms with Crippen LogP contribution < -0.4 is 15.6 Å². The molecule has 9 heteroatoms. The Labute approximate surface area is 132 Å². The molecular formula is C13H12BrF2N3O3. The highest BCUT2D eigenvalue weighted by atomic mass is 79.9. The number of aryl methyl sites for hydroxylation is 1. The summed E-state index contributed by atoms with van der Waals surface area (Å²) < 4.78 is 30.9. The first-order valence-electron chi connectivity index (χ1n) is 6.15. The number of halogens is 3. The van der Waals surface area contributed by atoms with Crippen LogP contribution in [0.1, 0.15) is 16.1 Å². The molecule has 22 heavy (non-hydrogen) atoms. The van der Waals surface area contributed by atoms with Crippen LogP contribution in [-0.2, 0) is 13.6 Å². The summed E-state index contributed by atoms with van der Waals surface area (Å²) in [5.41, 5.74) is 0.108. The maximum Gasteiger partial charge on any atom is 0.387 e. The first-order chi connectivity index (χ1) is 10.4. The number of rotatable bonds is 5. The molecule has 2 aromatic rings. The van der Waals surface area contributed by atoms with E-state index in [0.717, 1.165) is 6.07 Å². The number of hydrogen-bond acceptors (Lipinski definition) is 3. The van der Waals surface area contributed by atoms with Crippen molar-refractivity contribution in [3.05, 3.63) is 50.3 Å². The fraction of sp³-hybridized carbons (Fsp3) is 0.231. The predicted octanol–water partition coefficient (Wildman–Crippen LogP) is 2.01. The minimum Gasteiger partial charge on any atom is -0.433 e. The van der Waals surface area contributed by atoms with Gasteiger partial charge < -0.3 is 10.1 Å². The molecule has 0 aliphatic heterocycles. The lowest BCUT2D eigenvalue weighted by Gasteiger charge is -2.13. The summed E-state index contributed by atoms with van der Waals surface area (Å²) in [6.45, 7) is -3.00. The van der Waals surface area contributed by atoms with E-state index in [0.29, 0.717) is 10.0 Å². The second-order valence-electron chi connectivity index (χ2n) is 4.35. The third kappa shape index (κ3) is 3.73. The Kier molecular flexibility index (Phi) is 4.96. The topological polar surface area (TPSA) is 76.1 Å². The average Bonchev–Trinajstić information content (AvgIpc) is 2.78. The second kappa shape index (κ2) is 6.73. The molecule has 1 heterocycles. The molecule has 6 nitrogen and oxygen atoms in total. The summed E-state index contributed by atoms with van der Waals surface area (Å²) in [4.78, 5) is 23.1. The minimum atomic E-state index is -2.97. The molecule has 118 valence electrons. The normalized spacial score (nSPS) is 10.8. The molecular weight excluding hydrogens is 364 g/mol. The number of aromatic nitrogens is 2. The van der Waals surface area contributed by atoms with Crippen LogP contribution in [0.25, 0.3) is 0 Å². The van der Waals surface area contributed by atoms with Gasteiger partial charge >= 0.3 is 6.61 Å². The molecule has 0 atom stereocenters. The highest BCUT2D eigenvalue weighted by Crippen LogP contribution is 2.30. The van der Waals surface area contributed by atoms with Crippen LogP contribution in [0.2, 0.25) is 0 Å². The quantitative estimate of drug-likeness (QED) is 0.839. The van der Waals surface area contributed by atoms with Crippen molar-refractivity contribution in [3.8, 4) is 5.75 Å². The number of nitrogens with one attached hydrogen (secondary N) is 2. The number of carbonyl (C=O) groups excluding carboxylic acids is 1. The molecule has 1 aromatic carbocycles. The van der Waals surface area contributed by atoms with Crippen molar-refractivity contribution in [1.82, 2.24) is 15.1 Å². The third-order valence-corrected chi connectivity index (χ3v) is 3.46. The van der Waals surface area contributed by atoms with Crippen LogP contribution in [0.15, 0.2) is 33.5 Å². The van der Waals surface area contributed by atoms with Gasteiger partial charge in [0.2, 0.25) is 0 Å². The van der Waals surface area contributed by atoms with Crippen molar-refractivity contribution in [3.63, 3.8) is 0 Å². The summed E-state index contributed by atoms with van der Waals surface area (Å²) in [5.74, 6) is -0.551. The first-order valence-corrected chi connectivity index (χ1v) is 6.94. The zero-order chi connectivity index (χ0) is 16.3. The van der Waals surface area contributed by atoms with Crippen LogP contribution in [0.4, 0.5) is 8.78 Å². The fourth-order valence-electron chi connectivity index (χ4n) is 1.88. The monoisotopic (exact) mass is 375 g/mol. The molecule has 0 saturated carbocycles. The maximum atomic E-state index is 12.4. The van der Waals surface area contributed by atoms with Gasteiger partial charge in [0.15, 0.2) is 0 Å². The SMILES string of the molecule is Cn1[nH]c(=O)cc1C(=O)NCc1cccc(Br)c1OC(F)F. The number of ether oxygens (including phenoxy) is 1. The summed E-state index contributed by atoms with van der Waals surface area (Å²) >= 11 is 3.12. The molecule has 1 aromatic heterocycles. The Morgan fingerprint density at radius 2 is 2.23 bits per heavy atom. The lowest BCUT2D eigenvalue weighted by molar-refractivity contribution is -0.0509. The highest BCUT2D eigenvalue weighted by Gasteiger charge is 2.15. The summed E-state index contributed by atoms with van der Waals surface area (Å²) in [7, 11) is 1.51. The van der Waals surface area contributed by atoms with E-state index >= 15 is 0 Å².